The van der Waals surface area contributed by atoms with E-state index < -0.39 is 16.6 Å². The van der Waals surface area contributed by atoms with E-state index in [2.05, 4.69) is 0 Å². The van der Waals surface area contributed by atoms with Gasteiger partial charge in [-0.2, -0.15) is 0 Å². The molecule has 0 aromatic rings. The molecule has 0 atom stereocenters. The Balaban J connectivity index is -0.0000000146. The maximum absolute atomic E-state index is 8.56. The first kappa shape index (κ1) is 36.0. The van der Waals surface area contributed by atoms with Crippen molar-refractivity contribution in [1.29, 1.82) is 0 Å². The van der Waals surface area contributed by atoms with Crippen molar-refractivity contribution in [3.63, 3.8) is 0 Å². The molecule has 0 amide bonds. The summed E-state index contributed by atoms with van der Waals surface area (Å²) < 4.78 is 34.1. The number of carboxylic acid groups (broad SMARTS) is 2. The van der Waals surface area contributed by atoms with Gasteiger partial charge >= 0.3 is 160 Å². The van der Waals surface area contributed by atoms with Crippen LogP contribution in [0.5, 0.6) is 0 Å². The first-order valence-electron chi connectivity index (χ1n) is 1.32. The minimum absolute atomic E-state index is 0. The summed E-state index contributed by atoms with van der Waals surface area (Å²) in [6.07, 6.45) is -1.83. The van der Waals surface area contributed by atoms with Crippen molar-refractivity contribution in [1.82, 2.24) is 0 Å². The van der Waals surface area contributed by atoms with Gasteiger partial charge in [0.1, 0.15) is 0 Å². The van der Waals surface area contributed by atoms with Gasteiger partial charge in [0.2, 0.25) is 0 Å². The van der Waals surface area contributed by atoms with Crippen molar-refractivity contribution in [2.75, 3.05) is 0 Å². The maximum Gasteiger partial charge on any atom is 1.00 e. The minimum Gasteiger partial charge on any atom is -0.870 e. The summed E-state index contributed by atoms with van der Waals surface area (Å²) in [4.78, 5) is 8.56. The molecule has 0 heterocycles. The normalized spacial score (nSPS) is 6.31. The van der Waals surface area contributed by atoms with Gasteiger partial charge in [-0.15, -0.1) is 0 Å². The van der Waals surface area contributed by atoms with Gasteiger partial charge in [-0.25, -0.2) is 4.79 Å². The van der Waals surface area contributed by atoms with Crippen LogP contribution in [0.25, 0.3) is 0 Å². The molecular formula is CH3K3O8S. The Kier molecular flexibility index (Phi) is 59.0. The summed E-state index contributed by atoms with van der Waals surface area (Å²) >= 11 is 0. The zero-order valence-corrected chi connectivity index (χ0v) is 17.5. The molecule has 0 fully saturated rings. The predicted octanol–water partition coefficient (Wildman–Crippen LogP) is -10.3. The Morgan fingerprint density at radius 2 is 1.00 bits per heavy atom. The van der Waals surface area contributed by atoms with Crippen LogP contribution in [0.3, 0.4) is 0 Å². The Morgan fingerprint density at radius 3 is 1.00 bits per heavy atom. The molecule has 0 aliphatic carbocycles. The maximum atomic E-state index is 8.56. The van der Waals surface area contributed by atoms with Crippen molar-refractivity contribution in [3.05, 3.63) is 0 Å². The SMILES string of the molecule is O=C(O)O.O=S(=O)([O-])[O-].[K+].[K+].[K+].[OH-]. The van der Waals surface area contributed by atoms with Crippen molar-refractivity contribution in [3.8, 4) is 0 Å². The van der Waals surface area contributed by atoms with E-state index in [9.17, 15) is 0 Å². The first-order valence-corrected chi connectivity index (χ1v) is 2.65. The summed E-state index contributed by atoms with van der Waals surface area (Å²) in [6.45, 7) is 0. The smallest absolute Gasteiger partial charge is 0.870 e. The van der Waals surface area contributed by atoms with E-state index in [1.165, 1.54) is 0 Å². The van der Waals surface area contributed by atoms with Crippen molar-refractivity contribution in [2.24, 2.45) is 0 Å². The van der Waals surface area contributed by atoms with Crippen molar-refractivity contribution >= 4 is 16.6 Å². The van der Waals surface area contributed by atoms with E-state index in [-0.39, 0.29) is 160 Å². The summed E-state index contributed by atoms with van der Waals surface area (Å²) in [6, 6.07) is 0. The molecule has 0 saturated heterocycles. The average Bonchev–Trinajstić information content (AvgIpc) is 1.19. The van der Waals surface area contributed by atoms with Gasteiger partial charge < -0.3 is 24.8 Å². The molecule has 0 unspecified atom stereocenters. The molecular weight excluding hydrogens is 289 g/mol. The minimum atomic E-state index is -5.17. The predicted molar refractivity (Wildman–Crippen MR) is 23.1 cm³/mol. The summed E-state index contributed by atoms with van der Waals surface area (Å²) in [5.74, 6) is 0. The van der Waals surface area contributed by atoms with Gasteiger partial charge in [0, 0.05) is 10.4 Å². The fraction of sp³-hybridized carbons (Fsp3) is 0. The zero-order valence-electron chi connectivity index (χ0n) is 7.29. The number of carbonyl (C=O) groups is 1. The number of hydrogen-bond acceptors (Lipinski definition) is 6. The zero-order chi connectivity index (χ0) is 8.08. The third-order valence-electron chi connectivity index (χ3n) is 0. The van der Waals surface area contributed by atoms with E-state index in [0.717, 1.165) is 0 Å². The molecule has 0 aliphatic heterocycles. The molecule has 8 nitrogen and oxygen atoms in total. The molecule has 0 saturated carbocycles. The third-order valence-corrected chi connectivity index (χ3v) is 0. The summed E-state index contributed by atoms with van der Waals surface area (Å²) in [5, 5.41) is 13.9. The molecule has 0 aromatic heterocycles. The van der Waals surface area contributed by atoms with Crippen molar-refractivity contribution < 1.29 is 192 Å². The second-order valence-electron chi connectivity index (χ2n) is 0.691. The molecule has 0 aliphatic rings. The second-order valence-corrected chi connectivity index (χ2v) is 1.51. The fourth-order valence-electron chi connectivity index (χ4n) is 0. The Morgan fingerprint density at radius 1 is 1.00 bits per heavy atom. The van der Waals surface area contributed by atoms with Crippen LogP contribution in [-0.4, -0.2) is 39.4 Å². The summed E-state index contributed by atoms with van der Waals surface area (Å²) in [5.41, 5.74) is 0. The van der Waals surface area contributed by atoms with E-state index >= 15 is 0 Å². The van der Waals surface area contributed by atoms with Crippen LogP contribution < -0.4 is 154 Å². The van der Waals surface area contributed by atoms with E-state index in [0.29, 0.717) is 0 Å². The average molecular weight is 292 g/mol. The third kappa shape index (κ3) is 195. The van der Waals surface area contributed by atoms with Crippen LogP contribution in [0, 0.1) is 0 Å². The first-order chi connectivity index (χ1) is 3.73. The monoisotopic (exact) mass is 292 g/mol. The van der Waals surface area contributed by atoms with Gasteiger partial charge in [-0.1, -0.05) is 0 Å². The number of rotatable bonds is 0. The van der Waals surface area contributed by atoms with E-state index in [4.69, 9.17) is 32.5 Å². The van der Waals surface area contributed by atoms with Crippen LogP contribution in [0.4, 0.5) is 4.79 Å². The van der Waals surface area contributed by atoms with E-state index in [1.54, 1.807) is 0 Å². The Hall–Kier alpha value is 4.01. The van der Waals surface area contributed by atoms with E-state index in [1.807, 2.05) is 0 Å². The summed E-state index contributed by atoms with van der Waals surface area (Å²) in [7, 11) is -5.17. The molecule has 0 rings (SSSR count). The molecule has 64 valence electrons. The second kappa shape index (κ2) is 21.3. The van der Waals surface area contributed by atoms with Gasteiger partial charge in [0.25, 0.3) is 0 Å². The topological polar surface area (TPSA) is 168 Å². The van der Waals surface area contributed by atoms with Gasteiger partial charge in [-0.05, 0) is 0 Å². The van der Waals surface area contributed by atoms with Crippen LogP contribution in [-0.2, 0) is 10.4 Å². The molecule has 0 spiro atoms. The van der Waals surface area contributed by atoms with Gasteiger partial charge in [0.05, 0.1) is 0 Å². The van der Waals surface area contributed by atoms with Gasteiger partial charge in [-0.3, -0.25) is 8.42 Å². The van der Waals surface area contributed by atoms with Crippen molar-refractivity contribution in [2.45, 2.75) is 0 Å². The van der Waals surface area contributed by atoms with Crippen LogP contribution in [0.15, 0.2) is 0 Å². The molecule has 13 heavy (non-hydrogen) atoms. The molecule has 3 N–H and O–H groups in total. The Bertz CT molecular complexity index is 162. The largest absolute Gasteiger partial charge is 1.00 e. The molecule has 12 heteroatoms. The van der Waals surface area contributed by atoms with Crippen LogP contribution in [0.1, 0.15) is 0 Å². The Labute approximate surface area is 202 Å². The quantitative estimate of drug-likeness (QED) is 0.252. The number of hydrogen-bond donors (Lipinski definition) is 2. The van der Waals surface area contributed by atoms with Crippen LogP contribution >= 0.6 is 0 Å². The van der Waals surface area contributed by atoms with Crippen LogP contribution in [0.2, 0.25) is 0 Å². The molecule has 0 aromatic carbocycles. The molecule has 0 radical (unpaired) electrons. The molecule has 0 bridgehead atoms. The fourth-order valence-corrected chi connectivity index (χ4v) is 0. The van der Waals surface area contributed by atoms with Gasteiger partial charge in [0.15, 0.2) is 0 Å². The standard InChI is InChI=1S/CH2O3.3K.H2O4S.H2O/c2-1(3)4;;;;1-5(2,3)4;/h(H2,2,3,4);;;;(H2,1,2,3,4);1H2/q;3*+1;;/p-3.